The summed E-state index contributed by atoms with van der Waals surface area (Å²) in [7, 11) is 0. The SMILES string of the molecule is O=CNc1ccc(Cc2nc3ccc(C(=O)O)cc3[nH]2)cc1. The van der Waals surface area contributed by atoms with Gasteiger partial charge >= 0.3 is 5.97 Å². The average Bonchev–Trinajstić information content (AvgIpc) is 2.90. The Kier molecular flexibility index (Phi) is 3.57. The van der Waals surface area contributed by atoms with E-state index in [2.05, 4.69) is 15.3 Å². The smallest absolute Gasteiger partial charge is 0.335 e. The van der Waals surface area contributed by atoms with Crippen molar-refractivity contribution in [2.45, 2.75) is 6.42 Å². The van der Waals surface area contributed by atoms with E-state index < -0.39 is 5.97 Å². The van der Waals surface area contributed by atoms with E-state index in [1.54, 1.807) is 12.1 Å². The molecule has 1 amide bonds. The van der Waals surface area contributed by atoms with E-state index >= 15 is 0 Å². The van der Waals surface area contributed by atoms with E-state index in [0.717, 1.165) is 22.6 Å². The molecule has 1 heterocycles. The van der Waals surface area contributed by atoms with Gasteiger partial charge in [0.15, 0.2) is 0 Å². The summed E-state index contributed by atoms with van der Waals surface area (Å²) in [6, 6.07) is 12.2. The lowest BCUT2D eigenvalue weighted by Crippen LogP contribution is -1.95. The van der Waals surface area contributed by atoms with Gasteiger partial charge in [-0.3, -0.25) is 4.79 Å². The van der Waals surface area contributed by atoms with E-state index in [9.17, 15) is 9.59 Å². The van der Waals surface area contributed by atoms with Crippen molar-refractivity contribution < 1.29 is 14.7 Å². The number of rotatable bonds is 5. The number of benzene rings is 2. The van der Waals surface area contributed by atoms with E-state index in [-0.39, 0.29) is 5.56 Å². The fraction of sp³-hybridized carbons (Fsp3) is 0.0625. The molecule has 0 saturated carbocycles. The average molecular weight is 295 g/mol. The number of anilines is 1. The number of aromatic nitrogens is 2. The molecular formula is C16H13N3O3. The Morgan fingerprint density at radius 1 is 1.23 bits per heavy atom. The molecule has 3 aromatic rings. The third-order valence-electron chi connectivity index (χ3n) is 3.33. The van der Waals surface area contributed by atoms with Crippen LogP contribution in [0.2, 0.25) is 0 Å². The number of nitrogens with zero attached hydrogens (tertiary/aromatic N) is 1. The van der Waals surface area contributed by atoms with Gasteiger partial charge < -0.3 is 15.4 Å². The highest BCUT2D eigenvalue weighted by molar-refractivity contribution is 5.92. The number of carboxylic acid groups (broad SMARTS) is 1. The van der Waals surface area contributed by atoms with Crippen molar-refractivity contribution in [3.05, 3.63) is 59.4 Å². The summed E-state index contributed by atoms with van der Waals surface area (Å²) in [6.45, 7) is 0. The van der Waals surface area contributed by atoms with Crippen LogP contribution in [0.25, 0.3) is 11.0 Å². The first-order valence-electron chi connectivity index (χ1n) is 6.67. The van der Waals surface area contributed by atoms with Crippen molar-refractivity contribution in [3.63, 3.8) is 0 Å². The van der Waals surface area contributed by atoms with Gasteiger partial charge in [-0.25, -0.2) is 9.78 Å². The number of hydrogen-bond acceptors (Lipinski definition) is 3. The Balaban J connectivity index is 1.84. The number of aromatic amines is 1. The van der Waals surface area contributed by atoms with Crippen LogP contribution in [-0.4, -0.2) is 27.5 Å². The lowest BCUT2D eigenvalue weighted by Gasteiger charge is -2.01. The predicted molar refractivity (Wildman–Crippen MR) is 82.0 cm³/mol. The van der Waals surface area contributed by atoms with E-state index in [0.29, 0.717) is 18.3 Å². The molecule has 0 aliphatic heterocycles. The summed E-state index contributed by atoms with van der Waals surface area (Å²) >= 11 is 0. The summed E-state index contributed by atoms with van der Waals surface area (Å²) in [5.74, 6) is -0.204. The minimum atomic E-state index is -0.962. The molecule has 0 spiro atoms. The molecule has 0 aliphatic carbocycles. The monoisotopic (exact) mass is 295 g/mol. The van der Waals surface area contributed by atoms with Gasteiger partial charge in [0.05, 0.1) is 16.6 Å². The second-order valence-corrected chi connectivity index (χ2v) is 4.86. The maximum absolute atomic E-state index is 11.0. The van der Waals surface area contributed by atoms with Crippen LogP contribution in [0, 0.1) is 0 Å². The molecule has 1 aromatic heterocycles. The third-order valence-corrected chi connectivity index (χ3v) is 3.33. The van der Waals surface area contributed by atoms with Crippen molar-refractivity contribution in [1.82, 2.24) is 9.97 Å². The molecule has 0 unspecified atom stereocenters. The van der Waals surface area contributed by atoms with Gasteiger partial charge in [-0.1, -0.05) is 12.1 Å². The zero-order chi connectivity index (χ0) is 15.5. The van der Waals surface area contributed by atoms with Crippen LogP contribution in [0.3, 0.4) is 0 Å². The van der Waals surface area contributed by atoms with Crippen LogP contribution in [-0.2, 0) is 11.2 Å². The molecule has 0 bridgehead atoms. The van der Waals surface area contributed by atoms with E-state index in [1.165, 1.54) is 6.07 Å². The highest BCUT2D eigenvalue weighted by Gasteiger charge is 2.08. The van der Waals surface area contributed by atoms with E-state index in [1.807, 2.05) is 24.3 Å². The van der Waals surface area contributed by atoms with Gasteiger partial charge in [0, 0.05) is 12.1 Å². The molecule has 0 atom stereocenters. The van der Waals surface area contributed by atoms with E-state index in [4.69, 9.17) is 5.11 Å². The van der Waals surface area contributed by atoms with Crippen molar-refractivity contribution in [3.8, 4) is 0 Å². The van der Waals surface area contributed by atoms with Crippen LogP contribution in [0.4, 0.5) is 5.69 Å². The number of aromatic carboxylic acids is 1. The number of carbonyl (C=O) groups excluding carboxylic acids is 1. The zero-order valence-electron chi connectivity index (χ0n) is 11.5. The highest BCUT2D eigenvalue weighted by Crippen LogP contribution is 2.17. The van der Waals surface area contributed by atoms with Gasteiger partial charge in [-0.05, 0) is 35.9 Å². The van der Waals surface area contributed by atoms with Crippen molar-refractivity contribution in [2.75, 3.05) is 5.32 Å². The molecule has 0 radical (unpaired) electrons. The number of imidazole rings is 1. The molecule has 3 rings (SSSR count). The quantitative estimate of drug-likeness (QED) is 0.630. The molecule has 6 heteroatoms. The third kappa shape index (κ3) is 2.80. The molecule has 0 fully saturated rings. The Morgan fingerprint density at radius 2 is 2.00 bits per heavy atom. The number of H-pyrrole nitrogens is 1. The molecule has 6 nitrogen and oxygen atoms in total. The number of carboxylic acids is 1. The van der Waals surface area contributed by atoms with Gasteiger partial charge in [0.2, 0.25) is 6.41 Å². The molecule has 0 saturated heterocycles. The Labute approximate surface area is 125 Å². The molecule has 3 N–H and O–H groups in total. The second kappa shape index (κ2) is 5.69. The van der Waals surface area contributed by atoms with Gasteiger partial charge in [0.1, 0.15) is 5.82 Å². The topological polar surface area (TPSA) is 95.1 Å². The maximum Gasteiger partial charge on any atom is 0.335 e. The minimum absolute atomic E-state index is 0.229. The Morgan fingerprint density at radius 3 is 2.68 bits per heavy atom. The van der Waals surface area contributed by atoms with Crippen molar-refractivity contribution in [2.24, 2.45) is 0 Å². The van der Waals surface area contributed by atoms with Crippen molar-refractivity contribution in [1.29, 1.82) is 0 Å². The molecule has 22 heavy (non-hydrogen) atoms. The highest BCUT2D eigenvalue weighted by atomic mass is 16.4. The van der Waals surface area contributed by atoms with Crippen molar-refractivity contribution >= 4 is 29.1 Å². The number of hydrogen-bond donors (Lipinski definition) is 3. The number of carbonyl (C=O) groups is 2. The Hall–Kier alpha value is -3.15. The van der Waals surface area contributed by atoms with Crippen LogP contribution >= 0.6 is 0 Å². The first-order chi connectivity index (χ1) is 10.7. The van der Waals surface area contributed by atoms with Crippen LogP contribution in [0.15, 0.2) is 42.5 Å². The molecular weight excluding hydrogens is 282 g/mol. The fourth-order valence-electron chi connectivity index (χ4n) is 2.26. The minimum Gasteiger partial charge on any atom is -0.478 e. The lowest BCUT2D eigenvalue weighted by atomic mass is 10.1. The second-order valence-electron chi connectivity index (χ2n) is 4.86. The van der Waals surface area contributed by atoms with Gasteiger partial charge in [-0.2, -0.15) is 0 Å². The predicted octanol–water partition coefficient (Wildman–Crippen LogP) is 2.42. The Bertz CT molecular complexity index is 837. The standard InChI is InChI=1S/C16H13N3O3/c20-9-17-12-4-1-10(2-5-12)7-15-18-13-6-3-11(16(21)22)8-14(13)19-15/h1-6,8-9H,7H2,(H,17,20)(H,18,19)(H,21,22). The summed E-state index contributed by atoms with van der Waals surface area (Å²) in [5.41, 5.74) is 3.43. The van der Waals surface area contributed by atoms with Crippen LogP contribution < -0.4 is 5.32 Å². The van der Waals surface area contributed by atoms with Gasteiger partial charge in [0.25, 0.3) is 0 Å². The van der Waals surface area contributed by atoms with Crippen LogP contribution in [0.1, 0.15) is 21.7 Å². The number of fused-ring (bicyclic) bond motifs is 1. The number of nitrogens with one attached hydrogen (secondary N) is 2. The molecule has 110 valence electrons. The fourth-order valence-corrected chi connectivity index (χ4v) is 2.26. The zero-order valence-corrected chi connectivity index (χ0v) is 11.5. The summed E-state index contributed by atoms with van der Waals surface area (Å²) in [6.07, 6.45) is 1.23. The van der Waals surface area contributed by atoms with Gasteiger partial charge in [-0.15, -0.1) is 0 Å². The largest absolute Gasteiger partial charge is 0.478 e. The first kappa shape index (κ1) is 13.8. The molecule has 2 aromatic carbocycles. The first-order valence-corrected chi connectivity index (χ1v) is 6.67. The summed E-state index contributed by atoms with van der Waals surface area (Å²) in [4.78, 5) is 28.9. The number of amides is 1. The normalized spacial score (nSPS) is 10.5. The summed E-state index contributed by atoms with van der Waals surface area (Å²) in [5, 5.41) is 11.6. The van der Waals surface area contributed by atoms with Crippen LogP contribution in [0.5, 0.6) is 0 Å². The lowest BCUT2D eigenvalue weighted by molar-refractivity contribution is -0.105. The molecule has 0 aliphatic rings. The summed E-state index contributed by atoms with van der Waals surface area (Å²) < 4.78 is 0. The maximum atomic E-state index is 11.0.